The molecule has 0 unspecified atom stereocenters. The number of carbonyl (C=O) groups is 1. The minimum atomic E-state index is -0.981. The predicted octanol–water partition coefficient (Wildman–Crippen LogP) is 3.91. The summed E-state index contributed by atoms with van der Waals surface area (Å²) in [5.74, 6) is -1.32. The molecule has 18 heavy (non-hydrogen) atoms. The van der Waals surface area contributed by atoms with Crippen molar-refractivity contribution in [2.45, 2.75) is 4.90 Å². The van der Waals surface area contributed by atoms with Gasteiger partial charge in [-0.05, 0) is 41.6 Å². The number of hydrogen-bond acceptors (Lipinski definition) is 2. The number of carboxylic acid groups (broad SMARTS) is 1. The summed E-state index contributed by atoms with van der Waals surface area (Å²) in [7, 11) is 0. The van der Waals surface area contributed by atoms with Crippen molar-refractivity contribution in [1.82, 2.24) is 0 Å². The van der Waals surface area contributed by atoms with Crippen LogP contribution in [0.4, 0.5) is 4.39 Å². The van der Waals surface area contributed by atoms with Crippen LogP contribution in [0.2, 0.25) is 0 Å². The first kappa shape index (κ1) is 12.6. The quantitative estimate of drug-likeness (QED) is 0.852. The highest BCUT2D eigenvalue weighted by Gasteiger charge is 2.12. The highest BCUT2D eigenvalue weighted by molar-refractivity contribution is 7.98. The first-order chi connectivity index (χ1) is 8.61. The van der Waals surface area contributed by atoms with Crippen LogP contribution in [0.3, 0.4) is 0 Å². The highest BCUT2D eigenvalue weighted by atomic mass is 32.2. The Morgan fingerprint density at radius 2 is 1.83 bits per heavy atom. The van der Waals surface area contributed by atoms with Gasteiger partial charge < -0.3 is 5.11 Å². The van der Waals surface area contributed by atoms with Crippen LogP contribution in [-0.2, 0) is 0 Å². The number of carboxylic acids is 1. The van der Waals surface area contributed by atoms with Gasteiger partial charge in [0, 0.05) is 4.90 Å². The van der Waals surface area contributed by atoms with Gasteiger partial charge in [-0.3, -0.25) is 0 Å². The van der Waals surface area contributed by atoms with Crippen LogP contribution in [0, 0.1) is 5.82 Å². The molecule has 2 rings (SSSR count). The molecule has 4 heteroatoms. The van der Waals surface area contributed by atoms with Crippen molar-refractivity contribution >= 4 is 17.7 Å². The van der Waals surface area contributed by atoms with E-state index in [1.807, 2.05) is 12.3 Å². The summed E-state index contributed by atoms with van der Waals surface area (Å²) in [6.45, 7) is 0. The zero-order valence-electron chi connectivity index (χ0n) is 9.68. The Kier molecular flexibility index (Phi) is 3.67. The Hall–Kier alpha value is -1.81. The second-order valence-corrected chi connectivity index (χ2v) is 4.60. The van der Waals surface area contributed by atoms with Crippen LogP contribution in [0.5, 0.6) is 0 Å². The van der Waals surface area contributed by atoms with Gasteiger partial charge in [0.1, 0.15) is 5.82 Å². The average molecular weight is 262 g/mol. The van der Waals surface area contributed by atoms with Gasteiger partial charge in [0.25, 0.3) is 0 Å². The van der Waals surface area contributed by atoms with E-state index in [0.29, 0.717) is 11.1 Å². The molecule has 1 N–H and O–H groups in total. The lowest BCUT2D eigenvalue weighted by atomic mass is 10.00. The molecule has 2 aromatic carbocycles. The van der Waals surface area contributed by atoms with Crippen molar-refractivity contribution in [3.63, 3.8) is 0 Å². The smallest absolute Gasteiger partial charge is 0.336 e. The molecule has 0 bridgehead atoms. The molecule has 0 amide bonds. The molecule has 0 spiro atoms. The largest absolute Gasteiger partial charge is 0.478 e. The Labute approximate surface area is 108 Å². The Morgan fingerprint density at radius 1 is 1.17 bits per heavy atom. The molecular weight excluding hydrogens is 251 g/mol. The summed E-state index contributed by atoms with van der Waals surface area (Å²) in [5.41, 5.74) is 1.52. The zero-order chi connectivity index (χ0) is 13.1. The Morgan fingerprint density at radius 3 is 2.39 bits per heavy atom. The maximum atomic E-state index is 12.9. The van der Waals surface area contributed by atoms with Crippen molar-refractivity contribution in [1.29, 1.82) is 0 Å². The van der Waals surface area contributed by atoms with Crippen molar-refractivity contribution in [2.75, 3.05) is 6.26 Å². The molecular formula is C14H11FO2S. The molecule has 0 aliphatic rings. The van der Waals surface area contributed by atoms with Crippen LogP contribution in [0.15, 0.2) is 47.4 Å². The second-order valence-electron chi connectivity index (χ2n) is 3.72. The maximum Gasteiger partial charge on any atom is 0.336 e. The lowest BCUT2D eigenvalue weighted by molar-refractivity contribution is 0.0697. The molecule has 0 radical (unpaired) electrons. The number of hydrogen-bond donors (Lipinski definition) is 1. The van der Waals surface area contributed by atoms with Gasteiger partial charge in [0.05, 0.1) is 5.56 Å². The normalized spacial score (nSPS) is 10.3. The number of benzene rings is 2. The van der Waals surface area contributed by atoms with E-state index in [0.717, 1.165) is 4.90 Å². The van der Waals surface area contributed by atoms with Gasteiger partial charge in [-0.1, -0.05) is 18.2 Å². The Bertz CT molecular complexity index is 579. The number of aromatic carboxylic acids is 1. The Balaban J connectivity index is 2.56. The lowest BCUT2D eigenvalue weighted by Gasteiger charge is -2.08. The van der Waals surface area contributed by atoms with Crippen LogP contribution in [0.25, 0.3) is 11.1 Å². The molecule has 0 aliphatic carbocycles. The summed E-state index contributed by atoms with van der Waals surface area (Å²) in [6.07, 6.45) is 1.89. The van der Waals surface area contributed by atoms with E-state index in [2.05, 4.69) is 0 Å². The van der Waals surface area contributed by atoms with E-state index in [4.69, 9.17) is 0 Å². The summed E-state index contributed by atoms with van der Waals surface area (Å²) in [6, 6.07) is 11.0. The molecule has 0 fully saturated rings. The summed E-state index contributed by atoms with van der Waals surface area (Å²) in [4.78, 5) is 12.1. The molecule has 0 atom stereocenters. The summed E-state index contributed by atoms with van der Waals surface area (Å²) >= 11 is 1.48. The zero-order valence-corrected chi connectivity index (χ0v) is 10.5. The van der Waals surface area contributed by atoms with Crippen LogP contribution in [0.1, 0.15) is 10.4 Å². The van der Waals surface area contributed by atoms with Gasteiger partial charge in [0.2, 0.25) is 0 Å². The van der Waals surface area contributed by atoms with Gasteiger partial charge in [-0.2, -0.15) is 0 Å². The van der Waals surface area contributed by atoms with E-state index in [1.165, 1.54) is 23.9 Å². The predicted molar refractivity (Wildman–Crippen MR) is 70.6 cm³/mol. The minimum Gasteiger partial charge on any atom is -0.478 e. The highest BCUT2D eigenvalue weighted by Crippen LogP contribution is 2.28. The van der Waals surface area contributed by atoms with Crippen LogP contribution in [-0.4, -0.2) is 17.3 Å². The van der Waals surface area contributed by atoms with Gasteiger partial charge in [0.15, 0.2) is 0 Å². The van der Waals surface area contributed by atoms with Gasteiger partial charge >= 0.3 is 5.97 Å². The van der Waals surface area contributed by atoms with Crippen molar-refractivity contribution < 1.29 is 14.3 Å². The van der Waals surface area contributed by atoms with E-state index in [9.17, 15) is 14.3 Å². The third kappa shape index (κ3) is 2.54. The molecule has 0 saturated carbocycles. The van der Waals surface area contributed by atoms with E-state index in [-0.39, 0.29) is 11.4 Å². The molecule has 0 saturated heterocycles. The van der Waals surface area contributed by atoms with Crippen molar-refractivity contribution in [3.05, 3.63) is 53.8 Å². The lowest BCUT2D eigenvalue weighted by Crippen LogP contribution is -1.99. The maximum absolute atomic E-state index is 12.9. The molecule has 0 aliphatic heterocycles. The monoisotopic (exact) mass is 262 g/mol. The third-order valence-electron chi connectivity index (χ3n) is 2.61. The topological polar surface area (TPSA) is 37.3 Å². The molecule has 0 aromatic heterocycles. The third-order valence-corrected chi connectivity index (χ3v) is 3.34. The SMILES string of the molecule is CSc1ccc(-c2ccc(F)cc2)c(C(=O)O)c1. The van der Waals surface area contributed by atoms with Gasteiger partial charge in [-0.15, -0.1) is 11.8 Å². The molecule has 2 nitrogen and oxygen atoms in total. The number of rotatable bonds is 3. The minimum absolute atomic E-state index is 0.230. The van der Waals surface area contributed by atoms with Gasteiger partial charge in [-0.25, -0.2) is 9.18 Å². The average Bonchev–Trinajstić information content (AvgIpc) is 2.39. The number of thioether (sulfide) groups is 1. The standard InChI is InChI=1S/C14H11FO2S/c1-18-11-6-7-12(13(8-11)14(16)17)9-2-4-10(15)5-3-9/h2-8H,1H3,(H,16,17). The summed E-state index contributed by atoms with van der Waals surface area (Å²) in [5, 5.41) is 9.22. The molecule has 2 aromatic rings. The summed E-state index contributed by atoms with van der Waals surface area (Å²) < 4.78 is 12.9. The first-order valence-corrected chi connectivity index (χ1v) is 6.51. The van der Waals surface area contributed by atoms with E-state index in [1.54, 1.807) is 24.3 Å². The first-order valence-electron chi connectivity index (χ1n) is 5.29. The molecule has 92 valence electrons. The molecule has 0 heterocycles. The fourth-order valence-electron chi connectivity index (χ4n) is 1.71. The van der Waals surface area contributed by atoms with Crippen molar-refractivity contribution in [2.24, 2.45) is 0 Å². The van der Waals surface area contributed by atoms with Crippen LogP contribution < -0.4 is 0 Å². The van der Waals surface area contributed by atoms with E-state index < -0.39 is 5.97 Å². The van der Waals surface area contributed by atoms with E-state index >= 15 is 0 Å². The fraction of sp³-hybridized carbons (Fsp3) is 0.0714. The fourth-order valence-corrected chi connectivity index (χ4v) is 2.15. The second kappa shape index (κ2) is 5.23. The van der Waals surface area contributed by atoms with Crippen LogP contribution >= 0.6 is 11.8 Å². The van der Waals surface area contributed by atoms with Crippen molar-refractivity contribution in [3.8, 4) is 11.1 Å². The number of halogens is 1.